The van der Waals surface area contributed by atoms with Gasteiger partial charge in [-0.25, -0.2) is 17.2 Å². The molecule has 3 N–H and O–H groups in total. The second-order valence-corrected chi connectivity index (χ2v) is 6.18. The molecule has 0 radical (unpaired) electrons. The molecule has 0 aliphatic rings. The molecular weight excluding hydrogens is 318 g/mol. The van der Waals surface area contributed by atoms with Crippen LogP contribution in [0.1, 0.15) is 5.56 Å². The van der Waals surface area contributed by atoms with Crippen molar-refractivity contribution in [3.63, 3.8) is 0 Å². The van der Waals surface area contributed by atoms with Gasteiger partial charge in [-0.1, -0.05) is 30.4 Å². The van der Waals surface area contributed by atoms with E-state index in [1.54, 1.807) is 6.07 Å². The summed E-state index contributed by atoms with van der Waals surface area (Å²) in [6, 6.07) is 8.19. The lowest BCUT2D eigenvalue weighted by molar-refractivity contribution is 0.594. The first-order valence-corrected chi connectivity index (χ1v) is 7.57. The summed E-state index contributed by atoms with van der Waals surface area (Å²) >= 11 is 4.78. The molecular formula is C13H10F2N2O2S2. The van der Waals surface area contributed by atoms with Crippen LogP contribution in [0.4, 0.5) is 14.5 Å². The van der Waals surface area contributed by atoms with Gasteiger partial charge in [0.25, 0.3) is 10.0 Å². The van der Waals surface area contributed by atoms with Crippen molar-refractivity contribution in [2.75, 3.05) is 4.72 Å². The normalized spacial score (nSPS) is 11.1. The van der Waals surface area contributed by atoms with Crippen molar-refractivity contribution in [1.29, 1.82) is 0 Å². The SMILES string of the molecule is NC(=S)c1ccccc1S(=O)(=O)Nc1cc(F)ccc1F. The maximum atomic E-state index is 13.5. The zero-order chi connectivity index (χ0) is 15.6. The molecule has 110 valence electrons. The molecule has 0 aliphatic heterocycles. The van der Waals surface area contributed by atoms with E-state index in [-0.39, 0.29) is 15.4 Å². The van der Waals surface area contributed by atoms with E-state index in [9.17, 15) is 17.2 Å². The molecule has 0 spiro atoms. The van der Waals surface area contributed by atoms with Gasteiger partial charge in [0, 0.05) is 11.6 Å². The molecule has 21 heavy (non-hydrogen) atoms. The Hall–Kier alpha value is -2.06. The van der Waals surface area contributed by atoms with Crippen molar-refractivity contribution in [2.24, 2.45) is 5.73 Å². The molecule has 0 heterocycles. The van der Waals surface area contributed by atoms with E-state index in [1.807, 2.05) is 4.72 Å². The fourth-order valence-corrected chi connectivity index (χ4v) is 3.20. The number of anilines is 1. The molecule has 0 bridgehead atoms. The van der Waals surface area contributed by atoms with Crippen LogP contribution in [0.3, 0.4) is 0 Å². The minimum absolute atomic E-state index is 0.115. The Morgan fingerprint density at radius 3 is 2.48 bits per heavy atom. The number of rotatable bonds is 4. The summed E-state index contributed by atoms with van der Waals surface area (Å²) in [5, 5.41) is 0. The highest BCUT2D eigenvalue weighted by Crippen LogP contribution is 2.22. The van der Waals surface area contributed by atoms with Gasteiger partial charge < -0.3 is 5.73 Å². The van der Waals surface area contributed by atoms with Crippen LogP contribution in [0.25, 0.3) is 0 Å². The first-order valence-electron chi connectivity index (χ1n) is 5.68. The monoisotopic (exact) mass is 328 g/mol. The summed E-state index contributed by atoms with van der Waals surface area (Å²) in [6.07, 6.45) is 0. The van der Waals surface area contributed by atoms with Crippen LogP contribution >= 0.6 is 12.2 Å². The maximum Gasteiger partial charge on any atom is 0.262 e. The van der Waals surface area contributed by atoms with Crippen molar-refractivity contribution >= 4 is 32.9 Å². The predicted octanol–water partition coefficient (Wildman–Crippen LogP) is 2.40. The number of nitrogens with one attached hydrogen (secondary N) is 1. The number of thiocarbonyl (C=S) groups is 1. The molecule has 0 fully saturated rings. The number of benzene rings is 2. The molecule has 0 saturated carbocycles. The second-order valence-electron chi connectivity index (χ2n) is 4.09. The Balaban J connectivity index is 2.49. The molecule has 0 unspecified atom stereocenters. The number of hydrogen-bond donors (Lipinski definition) is 2. The molecule has 2 aromatic carbocycles. The first kappa shape index (κ1) is 15.3. The van der Waals surface area contributed by atoms with Crippen molar-refractivity contribution in [1.82, 2.24) is 0 Å². The van der Waals surface area contributed by atoms with Crippen molar-refractivity contribution < 1.29 is 17.2 Å². The van der Waals surface area contributed by atoms with E-state index in [4.69, 9.17) is 18.0 Å². The average molecular weight is 328 g/mol. The molecule has 4 nitrogen and oxygen atoms in total. The number of halogens is 2. The van der Waals surface area contributed by atoms with Gasteiger partial charge in [-0.05, 0) is 18.2 Å². The average Bonchev–Trinajstić information content (AvgIpc) is 2.42. The van der Waals surface area contributed by atoms with Gasteiger partial charge in [-0.3, -0.25) is 4.72 Å². The number of hydrogen-bond acceptors (Lipinski definition) is 3. The first-order chi connectivity index (χ1) is 9.81. The molecule has 0 amide bonds. The molecule has 8 heteroatoms. The minimum Gasteiger partial charge on any atom is -0.389 e. The predicted molar refractivity (Wildman–Crippen MR) is 79.5 cm³/mol. The van der Waals surface area contributed by atoms with E-state index in [1.165, 1.54) is 18.2 Å². The molecule has 0 aromatic heterocycles. The number of nitrogens with two attached hydrogens (primary N) is 1. The lowest BCUT2D eigenvalue weighted by atomic mass is 10.2. The largest absolute Gasteiger partial charge is 0.389 e. The molecule has 0 atom stereocenters. The summed E-state index contributed by atoms with van der Waals surface area (Å²) < 4.78 is 53.2. The van der Waals surface area contributed by atoms with Gasteiger partial charge in [0.1, 0.15) is 16.6 Å². The Morgan fingerprint density at radius 2 is 1.81 bits per heavy atom. The van der Waals surface area contributed by atoms with Crippen LogP contribution in [-0.2, 0) is 10.0 Å². The van der Waals surface area contributed by atoms with Crippen molar-refractivity contribution in [3.05, 3.63) is 59.7 Å². The Kier molecular flexibility index (Phi) is 4.19. The Morgan fingerprint density at radius 1 is 1.14 bits per heavy atom. The van der Waals surface area contributed by atoms with Gasteiger partial charge >= 0.3 is 0 Å². The van der Waals surface area contributed by atoms with Crippen molar-refractivity contribution in [3.8, 4) is 0 Å². The van der Waals surface area contributed by atoms with E-state index < -0.39 is 27.3 Å². The van der Waals surface area contributed by atoms with Gasteiger partial charge in [0.2, 0.25) is 0 Å². The van der Waals surface area contributed by atoms with E-state index >= 15 is 0 Å². The van der Waals surface area contributed by atoms with Gasteiger partial charge in [-0.15, -0.1) is 0 Å². The van der Waals surface area contributed by atoms with E-state index in [2.05, 4.69) is 0 Å². The molecule has 0 aliphatic carbocycles. The Labute approximate surface area is 125 Å². The fraction of sp³-hybridized carbons (Fsp3) is 0. The molecule has 0 saturated heterocycles. The van der Waals surface area contributed by atoms with Crippen LogP contribution < -0.4 is 10.5 Å². The third-order valence-corrected chi connectivity index (χ3v) is 4.26. The van der Waals surface area contributed by atoms with E-state index in [0.29, 0.717) is 0 Å². The zero-order valence-corrected chi connectivity index (χ0v) is 12.1. The highest BCUT2D eigenvalue weighted by atomic mass is 32.2. The third kappa shape index (κ3) is 3.34. The third-order valence-electron chi connectivity index (χ3n) is 2.61. The van der Waals surface area contributed by atoms with Gasteiger partial charge in [0.15, 0.2) is 0 Å². The smallest absolute Gasteiger partial charge is 0.262 e. The van der Waals surface area contributed by atoms with Gasteiger partial charge in [-0.2, -0.15) is 0 Å². The summed E-state index contributed by atoms with van der Waals surface area (Å²) in [6.45, 7) is 0. The fourth-order valence-electron chi connectivity index (χ4n) is 1.68. The number of sulfonamides is 1. The van der Waals surface area contributed by atoms with Crippen LogP contribution in [0.15, 0.2) is 47.4 Å². The maximum absolute atomic E-state index is 13.5. The lowest BCUT2D eigenvalue weighted by Gasteiger charge is -2.12. The van der Waals surface area contributed by atoms with E-state index in [0.717, 1.165) is 18.2 Å². The molecule has 2 rings (SSSR count). The topological polar surface area (TPSA) is 72.2 Å². The molecule has 2 aromatic rings. The van der Waals surface area contributed by atoms with Gasteiger partial charge in [0.05, 0.1) is 10.6 Å². The lowest BCUT2D eigenvalue weighted by Crippen LogP contribution is -2.20. The zero-order valence-electron chi connectivity index (χ0n) is 10.5. The van der Waals surface area contributed by atoms with Crippen LogP contribution in [0.2, 0.25) is 0 Å². The van der Waals surface area contributed by atoms with Crippen LogP contribution in [0, 0.1) is 11.6 Å². The second kappa shape index (κ2) is 5.74. The Bertz CT molecular complexity index is 808. The van der Waals surface area contributed by atoms with Crippen molar-refractivity contribution in [2.45, 2.75) is 4.90 Å². The summed E-state index contributed by atoms with van der Waals surface area (Å²) in [7, 11) is -4.15. The van der Waals surface area contributed by atoms with Crippen LogP contribution in [0.5, 0.6) is 0 Å². The summed E-state index contributed by atoms with van der Waals surface area (Å²) in [5.41, 5.74) is 5.09. The summed E-state index contributed by atoms with van der Waals surface area (Å²) in [4.78, 5) is -0.322. The standard InChI is InChI=1S/C13H10F2N2O2S2/c14-8-5-6-10(15)11(7-8)17-21(18,19)12-4-2-1-3-9(12)13(16)20/h1-7,17H,(H2,16,20). The minimum atomic E-state index is -4.15. The quantitative estimate of drug-likeness (QED) is 0.846. The highest BCUT2D eigenvalue weighted by molar-refractivity contribution is 7.93. The highest BCUT2D eigenvalue weighted by Gasteiger charge is 2.21. The van der Waals surface area contributed by atoms with Crippen LogP contribution in [-0.4, -0.2) is 13.4 Å². The summed E-state index contributed by atoms with van der Waals surface area (Å²) in [5.74, 6) is -1.66.